The van der Waals surface area contributed by atoms with E-state index in [-0.39, 0.29) is 261 Å². The van der Waals surface area contributed by atoms with Gasteiger partial charge in [0.1, 0.15) is 75.2 Å². The molecule has 4 rings (SSSR count). The van der Waals surface area contributed by atoms with Gasteiger partial charge in [-0.1, -0.05) is 127 Å². The summed E-state index contributed by atoms with van der Waals surface area (Å²) in [6.07, 6.45) is -3.03. The largest absolute Gasteiger partial charge is 0.393 e. The molecule has 0 radical (unpaired) electrons. The number of hydrogen-bond donors (Lipinski definition) is 3. The Balaban J connectivity index is 0.0000228. The molecule has 1 aromatic carbocycles. The number of nitrogens with zero attached hydrogens (tertiary/aromatic N) is 4. The summed E-state index contributed by atoms with van der Waals surface area (Å²) in [6.45, 7) is 26.1. The minimum Gasteiger partial charge on any atom is -0.393 e. The van der Waals surface area contributed by atoms with Crippen molar-refractivity contribution in [2.45, 2.75) is 245 Å². The van der Waals surface area contributed by atoms with Crippen LogP contribution in [0.4, 0.5) is 0 Å². The molecule has 3 saturated heterocycles. The van der Waals surface area contributed by atoms with Gasteiger partial charge in [-0.25, -0.2) is 0 Å². The van der Waals surface area contributed by atoms with Crippen LogP contribution in [0.5, 0.6) is 0 Å². The number of aliphatic hydroxyl groups is 1. The Labute approximate surface area is 717 Å². The van der Waals surface area contributed by atoms with Gasteiger partial charge < -0.3 is 31.3 Å². The predicted molar refractivity (Wildman–Crippen MR) is 470 cm³/mol. The molecule has 5 N–H and O–H groups in total. The van der Waals surface area contributed by atoms with Crippen molar-refractivity contribution in [2.24, 2.45) is 123 Å². The van der Waals surface area contributed by atoms with E-state index in [1.807, 2.05) is 41.5 Å². The van der Waals surface area contributed by atoms with Crippen molar-refractivity contribution in [3.8, 4) is 0 Å². The third-order valence-electron chi connectivity index (χ3n) is 23.1. The number of nitrogens with two attached hydrogens (primary N) is 2. The van der Waals surface area contributed by atoms with Crippen LogP contribution >= 0.6 is 62.3 Å². The second kappa shape index (κ2) is 53.9. The van der Waals surface area contributed by atoms with E-state index in [1.54, 1.807) is 78.8 Å². The standard InChI is InChI=1S/C88H136N6O17S3.2H2S/c1-52(2)31-64-38-73(97)57(11)34-77(101)68-41-83(107)70(55(7)8)43-75(99)59(13)35-81(105)71(56(9)10)44-80(104)67(32-53(3)4)47-113-29-25-86(110)93-49-92(50-94(51-93)87(111)26-30-114-48-68)85(109)24-28-112-46-66(60(14)95)40-82(106)69(54(5)6)42-74(98)58(12)33-76(100)63(23-19-20-27-91-88(89)90)37-84(108)72(61(15)96)45-79(103)65(39-78(64)102)36-62-21-17-16-18-22-62;;/h16-18,21-22,52-59,61,63-72,96H,19-20,23-51H2,1-15H3,(H4,89,90,91);2*1H2/t57-,58-,59?,61?,63-,64-,65-,66+,67+,68+,69+,70+,71+,72+;;/m0../s1. The van der Waals surface area contributed by atoms with Crippen LogP contribution in [0.15, 0.2) is 35.3 Å². The first-order chi connectivity index (χ1) is 53.6. The Hall–Kier alpha value is -5.68. The second-order valence-electron chi connectivity index (χ2n) is 34.9. The van der Waals surface area contributed by atoms with E-state index in [0.29, 0.717) is 36.3 Å². The van der Waals surface area contributed by atoms with Crippen molar-refractivity contribution in [1.82, 2.24) is 14.7 Å². The highest BCUT2D eigenvalue weighted by Crippen LogP contribution is 2.35. The van der Waals surface area contributed by atoms with E-state index in [2.05, 4.69) is 4.99 Å². The van der Waals surface area contributed by atoms with Crippen LogP contribution in [-0.2, 0) is 83.1 Å². The molecule has 0 aromatic heterocycles. The maximum absolute atomic E-state index is 15.0. The second-order valence-corrected chi connectivity index (χ2v) is 38.3. The number of aliphatic hydroxyl groups excluding tert-OH is 1. The van der Waals surface area contributed by atoms with Gasteiger partial charge in [-0.2, -0.15) is 62.3 Å². The monoisotopic (exact) mass is 1710 g/mol. The molecule has 654 valence electrons. The van der Waals surface area contributed by atoms with Crippen molar-refractivity contribution >= 4 is 161 Å². The van der Waals surface area contributed by atoms with Gasteiger partial charge in [0.05, 0.1) is 32.0 Å². The molecule has 23 nitrogen and oxygen atoms in total. The van der Waals surface area contributed by atoms with Crippen LogP contribution < -0.4 is 11.5 Å². The van der Waals surface area contributed by atoms with Crippen molar-refractivity contribution in [3.05, 3.63) is 35.9 Å². The van der Waals surface area contributed by atoms with E-state index in [1.165, 1.54) is 63.8 Å². The molecule has 116 heavy (non-hydrogen) atoms. The van der Waals surface area contributed by atoms with E-state index in [4.69, 9.17) is 11.5 Å². The lowest BCUT2D eigenvalue weighted by atomic mass is 9.77. The Morgan fingerprint density at radius 3 is 1.27 bits per heavy atom. The number of ketones is 13. The fourth-order valence-electron chi connectivity index (χ4n) is 15.6. The van der Waals surface area contributed by atoms with E-state index >= 15 is 9.59 Å². The Bertz CT molecular complexity index is 3490. The number of rotatable bonds is 16. The van der Waals surface area contributed by atoms with E-state index in [0.717, 1.165) is 0 Å². The minimum atomic E-state index is -1.39. The molecule has 3 aliphatic heterocycles. The average molecular weight is 1710 g/mol. The molecule has 3 amide bonds. The molecule has 0 aliphatic carbocycles. The number of benzene rings is 1. The number of carbonyl (C=O) groups excluding carboxylic acids is 16. The van der Waals surface area contributed by atoms with Gasteiger partial charge in [0.2, 0.25) is 17.7 Å². The highest BCUT2D eigenvalue weighted by molar-refractivity contribution is 7.99. The zero-order valence-corrected chi connectivity index (χ0v) is 76.4. The van der Waals surface area contributed by atoms with E-state index in [9.17, 15) is 72.2 Å². The third-order valence-corrected chi connectivity index (χ3v) is 26.5. The number of aliphatic imine (C=N–C) groups is 1. The number of hydrogen-bond acceptors (Lipinski definition) is 21. The summed E-state index contributed by atoms with van der Waals surface area (Å²) in [7, 11) is 0. The molecular formula is C88H140N6O17S5. The van der Waals surface area contributed by atoms with Crippen LogP contribution in [0.3, 0.4) is 0 Å². The molecule has 4 bridgehead atoms. The SMILES string of the molecule is CC(=O)[C@H]1CSCCC(=O)N2CN3CN(C2)C(=O)CCSC[C@@H](CC(C)C)C(=O)C[C@H](C(C)C)C(=O)CC(C)C(=O)C[C@H](C(C)C)C(=O)C[C@H](CSCCC3=O)C(=O)C[C@H](C)C(=O)C[C@H](CC(C)C)C(=O)C[C@H](Cc2ccccc2)C(=O)C[C@H](C(C)O)C(=O)C[C@H](CCCCN=C(N)N)C(=O)C[C@H](C)C(=O)C[C@H](C(C)C)C(=O)C1.S.S. The molecule has 0 spiro atoms. The topological polar surface area (TPSA) is 367 Å². The number of thioether (sulfide) groups is 3. The lowest BCUT2D eigenvalue weighted by molar-refractivity contribution is -0.158. The van der Waals surface area contributed by atoms with Crippen LogP contribution in [-0.4, -0.2) is 186 Å². The zero-order valence-electron chi connectivity index (χ0n) is 71.9. The summed E-state index contributed by atoms with van der Waals surface area (Å²) < 4.78 is 0. The lowest BCUT2D eigenvalue weighted by Crippen LogP contribution is -2.59. The molecule has 3 fully saturated rings. The van der Waals surface area contributed by atoms with Crippen LogP contribution in [0, 0.1) is 107 Å². The maximum Gasteiger partial charge on any atom is 0.226 e. The third kappa shape index (κ3) is 37.1. The van der Waals surface area contributed by atoms with Crippen molar-refractivity contribution in [2.75, 3.05) is 61.1 Å². The Morgan fingerprint density at radius 1 is 0.431 bits per heavy atom. The van der Waals surface area contributed by atoms with Gasteiger partial charge >= 0.3 is 0 Å². The predicted octanol–water partition coefficient (Wildman–Crippen LogP) is 12.3. The van der Waals surface area contributed by atoms with Gasteiger partial charge in [0.25, 0.3) is 0 Å². The first kappa shape index (κ1) is 106. The highest BCUT2D eigenvalue weighted by Gasteiger charge is 2.41. The minimum absolute atomic E-state index is 0. The normalized spacial score (nSPS) is 27.2. The Morgan fingerprint density at radius 2 is 0.802 bits per heavy atom. The van der Waals surface area contributed by atoms with E-state index < -0.39 is 142 Å². The number of unbranched alkanes of at least 4 members (excludes halogenated alkanes) is 1. The summed E-state index contributed by atoms with van der Waals surface area (Å²) in [4.78, 5) is 240. The fraction of sp³-hybridized carbons (Fsp3) is 0.739. The zero-order chi connectivity index (χ0) is 85.4. The van der Waals surface area contributed by atoms with Gasteiger partial charge in [-0.05, 0) is 81.1 Å². The van der Waals surface area contributed by atoms with Crippen LogP contribution in [0.1, 0.15) is 238 Å². The molecule has 0 saturated carbocycles. The van der Waals surface area contributed by atoms with Gasteiger partial charge in [-0.15, -0.1) is 0 Å². The Kier molecular flexibility index (Phi) is 49.4. The van der Waals surface area contributed by atoms with Crippen LogP contribution in [0.25, 0.3) is 0 Å². The van der Waals surface area contributed by atoms with Crippen molar-refractivity contribution in [1.29, 1.82) is 0 Å². The van der Waals surface area contributed by atoms with Crippen molar-refractivity contribution < 1.29 is 81.8 Å². The molecule has 2 unspecified atom stereocenters. The number of carbonyl (C=O) groups is 16. The summed E-state index contributed by atoms with van der Waals surface area (Å²) in [6, 6.07) is 8.97. The van der Waals surface area contributed by atoms with Crippen LogP contribution in [0.2, 0.25) is 0 Å². The number of Topliss-reactive ketones (excluding diaryl/α,β-unsaturated/α-hetero) is 13. The van der Waals surface area contributed by atoms with Crippen molar-refractivity contribution in [3.63, 3.8) is 0 Å². The quantitative estimate of drug-likeness (QED) is 0.0786. The molecule has 14 atom stereocenters. The van der Waals surface area contributed by atoms with Gasteiger partial charge in [-0.3, -0.25) is 81.7 Å². The number of amides is 3. The molecule has 3 aliphatic rings. The lowest BCUT2D eigenvalue weighted by Gasteiger charge is -2.42. The summed E-state index contributed by atoms with van der Waals surface area (Å²) >= 11 is 3.94. The summed E-state index contributed by atoms with van der Waals surface area (Å²) in [5.74, 6) is -17.4. The first-order valence-corrected chi connectivity index (χ1v) is 45.2. The fourth-order valence-corrected chi connectivity index (χ4v) is 18.9. The molecule has 3 heterocycles. The maximum atomic E-state index is 15.0. The van der Waals surface area contributed by atoms with Gasteiger partial charge in [0, 0.05) is 208 Å². The first-order valence-electron chi connectivity index (χ1n) is 41.8. The highest BCUT2D eigenvalue weighted by atomic mass is 32.2. The number of guanidine groups is 1. The molecule has 28 heteroatoms. The summed E-state index contributed by atoms with van der Waals surface area (Å²) in [5.41, 5.74) is 11.9. The number of fused-ring (bicyclic) bond motifs is 7. The average Bonchev–Trinajstić information content (AvgIpc) is 0.836. The molecular weight excluding hydrogens is 1570 g/mol. The smallest absolute Gasteiger partial charge is 0.226 e. The van der Waals surface area contributed by atoms with Gasteiger partial charge in [0.15, 0.2) is 5.96 Å². The molecule has 1 aromatic rings. The summed E-state index contributed by atoms with van der Waals surface area (Å²) in [5, 5.41) is 11.4.